The first-order valence-electron chi connectivity index (χ1n) is 8.22. The van der Waals surface area contributed by atoms with Crippen molar-refractivity contribution in [1.82, 2.24) is 15.1 Å². The van der Waals surface area contributed by atoms with Crippen LogP contribution in [0.1, 0.15) is 32.2 Å². The molecule has 1 heterocycles. The number of alkyl carbamates (subject to hydrolysis) is 1. The van der Waals surface area contributed by atoms with E-state index in [0.29, 0.717) is 18.4 Å². The smallest absolute Gasteiger partial charge is 0.407 e. The van der Waals surface area contributed by atoms with E-state index in [0.717, 1.165) is 21.2 Å². The molecule has 0 radical (unpaired) electrons. The molecule has 0 aliphatic carbocycles. The van der Waals surface area contributed by atoms with Gasteiger partial charge in [-0.15, -0.1) is 0 Å². The predicted octanol–water partition coefficient (Wildman–Crippen LogP) is 4.90. The first-order valence-corrected chi connectivity index (χ1v) is 10.2. The second-order valence-electron chi connectivity index (χ2n) is 6.70. The van der Waals surface area contributed by atoms with Crippen molar-refractivity contribution in [2.75, 3.05) is 6.54 Å². The molecule has 26 heavy (non-hydrogen) atoms. The number of benzene rings is 1. The Bertz CT molecular complexity index is 757. The zero-order chi connectivity index (χ0) is 19.3. The third-order valence-electron chi connectivity index (χ3n) is 3.37. The van der Waals surface area contributed by atoms with Crippen molar-refractivity contribution in [3.63, 3.8) is 0 Å². The third-order valence-corrected chi connectivity index (χ3v) is 5.15. The molecule has 0 atom stereocenters. The van der Waals surface area contributed by atoms with Crippen LogP contribution in [0.25, 0.3) is 0 Å². The fourth-order valence-electron chi connectivity index (χ4n) is 2.23. The van der Waals surface area contributed by atoms with Crippen molar-refractivity contribution in [3.05, 3.63) is 41.5 Å². The van der Waals surface area contributed by atoms with Crippen molar-refractivity contribution >= 4 is 33.8 Å². The second-order valence-corrected chi connectivity index (χ2v) is 8.35. The SMILES string of the molecule is Cc1c(Sc2ccc(F)cc2)c(CBr)nn1CCNC(=O)OC(C)(C)C. The highest BCUT2D eigenvalue weighted by atomic mass is 79.9. The van der Waals surface area contributed by atoms with E-state index < -0.39 is 11.7 Å². The fourth-order valence-corrected chi connectivity index (χ4v) is 3.80. The lowest BCUT2D eigenvalue weighted by atomic mass is 10.2. The number of rotatable bonds is 6. The molecule has 5 nitrogen and oxygen atoms in total. The minimum atomic E-state index is -0.520. The van der Waals surface area contributed by atoms with Crippen LogP contribution < -0.4 is 5.32 Å². The zero-order valence-electron chi connectivity index (χ0n) is 15.3. The van der Waals surface area contributed by atoms with Gasteiger partial charge in [0.15, 0.2) is 0 Å². The van der Waals surface area contributed by atoms with E-state index in [9.17, 15) is 9.18 Å². The minimum absolute atomic E-state index is 0.254. The Morgan fingerprint density at radius 2 is 2.00 bits per heavy atom. The van der Waals surface area contributed by atoms with E-state index in [4.69, 9.17) is 4.74 Å². The summed E-state index contributed by atoms with van der Waals surface area (Å²) in [5.41, 5.74) is 1.39. The number of carbonyl (C=O) groups is 1. The number of amides is 1. The van der Waals surface area contributed by atoms with Crippen molar-refractivity contribution in [1.29, 1.82) is 0 Å². The summed E-state index contributed by atoms with van der Waals surface area (Å²) < 4.78 is 20.2. The Hall–Kier alpha value is -1.54. The van der Waals surface area contributed by atoms with Gasteiger partial charge in [-0.25, -0.2) is 9.18 Å². The largest absolute Gasteiger partial charge is 0.444 e. The molecule has 8 heteroatoms. The number of ether oxygens (including phenoxy) is 1. The minimum Gasteiger partial charge on any atom is -0.444 e. The molecule has 0 fully saturated rings. The normalized spacial score (nSPS) is 11.5. The molecular weight excluding hydrogens is 421 g/mol. The van der Waals surface area contributed by atoms with Crippen LogP contribution in [-0.2, 0) is 16.6 Å². The van der Waals surface area contributed by atoms with Gasteiger partial charge in [-0.3, -0.25) is 4.68 Å². The van der Waals surface area contributed by atoms with E-state index in [1.165, 1.54) is 12.1 Å². The lowest BCUT2D eigenvalue weighted by Crippen LogP contribution is -2.34. The highest BCUT2D eigenvalue weighted by molar-refractivity contribution is 9.08. The fraction of sp³-hybridized carbons (Fsp3) is 0.444. The summed E-state index contributed by atoms with van der Waals surface area (Å²) in [6.07, 6.45) is -0.441. The quantitative estimate of drug-likeness (QED) is 0.644. The highest BCUT2D eigenvalue weighted by Gasteiger charge is 2.17. The van der Waals surface area contributed by atoms with E-state index in [1.807, 2.05) is 32.4 Å². The Kier molecular flexibility index (Phi) is 7.11. The molecule has 1 amide bonds. The lowest BCUT2D eigenvalue weighted by molar-refractivity contribution is 0.0525. The third kappa shape index (κ3) is 6.02. The summed E-state index contributed by atoms with van der Waals surface area (Å²) in [6, 6.07) is 6.39. The summed E-state index contributed by atoms with van der Waals surface area (Å²) in [6.45, 7) is 8.41. The first-order chi connectivity index (χ1) is 12.2. The number of nitrogens with zero attached hydrogens (tertiary/aromatic N) is 2. The topological polar surface area (TPSA) is 56.2 Å². The molecule has 0 unspecified atom stereocenters. The molecule has 1 aromatic heterocycles. The van der Waals surface area contributed by atoms with Crippen molar-refractivity contribution < 1.29 is 13.9 Å². The molecule has 0 aliphatic heterocycles. The second kappa shape index (κ2) is 8.90. The van der Waals surface area contributed by atoms with Gasteiger partial charge in [0, 0.05) is 22.5 Å². The van der Waals surface area contributed by atoms with Gasteiger partial charge in [-0.1, -0.05) is 27.7 Å². The molecule has 1 N–H and O–H groups in total. The van der Waals surface area contributed by atoms with Crippen LogP contribution in [0.4, 0.5) is 9.18 Å². The summed E-state index contributed by atoms with van der Waals surface area (Å²) >= 11 is 5.02. The van der Waals surface area contributed by atoms with Crippen LogP contribution in [0, 0.1) is 12.7 Å². The Balaban J connectivity index is 2.03. The molecule has 2 aromatic rings. The van der Waals surface area contributed by atoms with E-state index in [2.05, 4.69) is 26.3 Å². The molecule has 2 rings (SSSR count). The number of carbonyl (C=O) groups excluding carboxylic acids is 1. The van der Waals surface area contributed by atoms with Gasteiger partial charge in [0.1, 0.15) is 11.4 Å². The van der Waals surface area contributed by atoms with Crippen LogP contribution >= 0.6 is 27.7 Å². The maximum Gasteiger partial charge on any atom is 0.407 e. The first kappa shape index (κ1) is 20.8. The van der Waals surface area contributed by atoms with Crippen molar-refractivity contribution in [3.8, 4) is 0 Å². The molecule has 0 saturated heterocycles. The van der Waals surface area contributed by atoms with Crippen molar-refractivity contribution in [2.24, 2.45) is 0 Å². The molecule has 0 saturated carbocycles. The summed E-state index contributed by atoms with van der Waals surface area (Å²) in [7, 11) is 0. The number of halogens is 2. The lowest BCUT2D eigenvalue weighted by Gasteiger charge is -2.19. The van der Waals surface area contributed by atoms with Gasteiger partial charge in [-0.05, 0) is 52.0 Å². The van der Waals surface area contributed by atoms with Gasteiger partial charge >= 0.3 is 6.09 Å². The number of hydrogen-bond donors (Lipinski definition) is 1. The Morgan fingerprint density at radius 3 is 2.58 bits per heavy atom. The van der Waals surface area contributed by atoms with Gasteiger partial charge < -0.3 is 10.1 Å². The van der Waals surface area contributed by atoms with Gasteiger partial charge in [0.05, 0.1) is 17.1 Å². The van der Waals surface area contributed by atoms with Gasteiger partial charge in [0.25, 0.3) is 0 Å². The van der Waals surface area contributed by atoms with Crippen molar-refractivity contribution in [2.45, 2.75) is 55.0 Å². The van der Waals surface area contributed by atoms with Gasteiger partial charge in [-0.2, -0.15) is 5.10 Å². The van der Waals surface area contributed by atoms with E-state index >= 15 is 0 Å². The average Bonchev–Trinajstić information content (AvgIpc) is 2.84. The average molecular weight is 444 g/mol. The van der Waals surface area contributed by atoms with Crippen LogP contribution in [0.5, 0.6) is 0 Å². The number of nitrogens with one attached hydrogen (secondary N) is 1. The number of aromatic nitrogens is 2. The molecule has 1 aromatic carbocycles. The zero-order valence-corrected chi connectivity index (χ0v) is 17.7. The molecule has 0 spiro atoms. The Labute approximate surface area is 165 Å². The van der Waals surface area contributed by atoms with Crippen LogP contribution in [0.15, 0.2) is 34.1 Å². The molecule has 0 aliphatic rings. The van der Waals surface area contributed by atoms with Crippen LogP contribution in [0.3, 0.4) is 0 Å². The van der Waals surface area contributed by atoms with Crippen LogP contribution in [0.2, 0.25) is 0 Å². The molecular formula is C18H23BrFN3O2S. The van der Waals surface area contributed by atoms with Gasteiger partial charge in [0.2, 0.25) is 0 Å². The summed E-state index contributed by atoms with van der Waals surface area (Å²) in [5, 5.41) is 7.95. The summed E-state index contributed by atoms with van der Waals surface area (Å²) in [5.74, 6) is -0.254. The maximum absolute atomic E-state index is 13.1. The molecule has 142 valence electrons. The number of hydrogen-bond acceptors (Lipinski definition) is 4. The summed E-state index contributed by atoms with van der Waals surface area (Å²) in [4.78, 5) is 13.7. The highest BCUT2D eigenvalue weighted by Crippen LogP contribution is 2.34. The van der Waals surface area contributed by atoms with Crippen LogP contribution in [-0.4, -0.2) is 28.0 Å². The maximum atomic E-state index is 13.1. The van der Waals surface area contributed by atoms with E-state index in [1.54, 1.807) is 23.9 Å². The standard InChI is InChI=1S/C18H23BrFN3O2S/c1-12-16(26-14-7-5-13(20)6-8-14)15(11-19)22-23(12)10-9-21-17(24)25-18(2,3)4/h5-8H,9-11H2,1-4H3,(H,21,24). The van der Waals surface area contributed by atoms with E-state index in [-0.39, 0.29) is 5.82 Å². The monoisotopic (exact) mass is 443 g/mol. The Morgan fingerprint density at radius 1 is 1.35 bits per heavy atom. The molecule has 0 bridgehead atoms. The predicted molar refractivity (Wildman–Crippen MR) is 104 cm³/mol. The number of alkyl halides is 1.